The van der Waals surface area contributed by atoms with Crippen molar-refractivity contribution in [1.82, 2.24) is 15.0 Å². The van der Waals surface area contributed by atoms with Gasteiger partial charge in [0.15, 0.2) is 15.5 Å². The van der Waals surface area contributed by atoms with Gasteiger partial charge in [-0.3, -0.25) is 0 Å². The molecule has 7 nitrogen and oxygen atoms in total. The Kier molecular flexibility index (Phi) is 4.48. The van der Waals surface area contributed by atoms with E-state index in [0.717, 1.165) is 16.0 Å². The van der Waals surface area contributed by atoms with E-state index in [0.29, 0.717) is 21.2 Å². The molecule has 0 spiro atoms. The SMILES string of the molecule is NS(=O)(=O)c1ccc(Nc2nc3nc(=S)[nH]c(-c4ccccc4)c3s2)cc1. The lowest BCUT2D eigenvalue weighted by Gasteiger charge is -2.03. The number of hydrogen-bond donors (Lipinski definition) is 3. The van der Waals surface area contributed by atoms with Crippen molar-refractivity contribution < 1.29 is 8.42 Å². The van der Waals surface area contributed by atoms with E-state index in [1.54, 1.807) is 12.1 Å². The number of anilines is 2. The molecule has 4 rings (SSSR count). The highest BCUT2D eigenvalue weighted by molar-refractivity contribution is 7.89. The molecule has 0 bridgehead atoms. The van der Waals surface area contributed by atoms with E-state index >= 15 is 0 Å². The highest BCUT2D eigenvalue weighted by Crippen LogP contribution is 2.33. The summed E-state index contributed by atoms with van der Waals surface area (Å²) in [6.07, 6.45) is 0. The number of nitrogens with one attached hydrogen (secondary N) is 2. The molecule has 2 aromatic heterocycles. The number of sulfonamides is 1. The van der Waals surface area contributed by atoms with Crippen molar-refractivity contribution in [3.8, 4) is 11.3 Å². The molecule has 0 aliphatic heterocycles. The number of H-pyrrole nitrogens is 1. The van der Waals surface area contributed by atoms with Crippen molar-refractivity contribution in [2.75, 3.05) is 5.32 Å². The molecule has 2 heterocycles. The van der Waals surface area contributed by atoms with Crippen LogP contribution in [-0.4, -0.2) is 23.4 Å². The Hall–Kier alpha value is -2.66. The van der Waals surface area contributed by atoms with Gasteiger partial charge in [0, 0.05) is 5.69 Å². The Labute approximate surface area is 164 Å². The van der Waals surface area contributed by atoms with Crippen LogP contribution in [0.4, 0.5) is 10.8 Å². The molecule has 2 aromatic carbocycles. The Morgan fingerprint density at radius 2 is 1.74 bits per heavy atom. The fourth-order valence-electron chi connectivity index (χ4n) is 2.55. The summed E-state index contributed by atoms with van der Waals surface area (Å²) in [5.74, 6) is 0. The van der Waals surface area contributed by atoms with E-state index < -0.39 is 10.0 Å². The third kappa shape index (κ3) is 3.74. The number of nitrogens with two attached hydrogens (primary N) is 1. The van der Waals surface area contributed by atoms with Gasteiger partial charge < -0.3 is 10.3 Å². The molecule has 0 aliphatic carbocycles. The largest absolute Gasteiger partial charge is 0.331 e. The second kappa shape index (κ2) is 6.82. The molecule has 0 amide bonds. The van der Waals surface area contributed by atoms with Crippen molar-refractivity contribution in [3.63, 3.8) is 0 Å². The molecule has 4 aromatic rings. The number of benzene rings is 2. The summed E-state index contributed by atoms with van der Waals surface area (Å²) in [6, 6.07) is 15.9. The smallest absolute Gasteiger partial charge is 0.238 e. The molecular formula is C17H13N5O2S3. The topological polar surface area (TPSA) is 114 Å². The van der Waals surface area contributed by atoms with Crippen LogP contribution in [0.5, 0.6) is 0 Å². The maximum absolute atomic E-state index is 11.3. The van der Waals surface area contributed by atoms with Gasteiger partial charge >= 0.3 is 0 Å². The number of hydrogen-bond acceptors (Lipinski definition) is 7. The second-order valence-electron chi connectivity index (χ2n) is 5.65. The lowest BCUT2D eigenvalue weighted by Crippen LogP contribution is -2.11. The fourth-order valence-corrected chi connectivity index (χ4v) is 4.20. The predicted molar refractivity (Wildman–Crippen MR) is 109 cm³/mol. The number of rotatable bonds is 4. The van der Waals surface area contributed by atoms with Gasteiger partial charge in [-0.25, -0.2) is 13.6 Å². The number of aromatic amines is 1. The fraction of sp³-hybridized carbons (Fsp3) is 0. The molecule has 27 heavy (non-hydrogen) atoms. The van der Waals surface area contributed by atoms with Crippen molar-refractivity contribution in [2.24, 2.45) is 5.14 Å². The number of primary sulfonamides is 1. The van der Waals surface area contributed by atoms with Gasteiger partial charge in [0.1, 0.15) is 0 Å². The maximum Gasteiger partial charge on any atom is 0.238 e. The van der Waals surface area contributed by atoms with Gasteiger partial charge in [-0.2, -0.15) is 9.97 Å². The van der Waals surface area contributed by atoms with Crippen molar-refractivity contribution in [3.05, 3.63) is 59.4 Å². The first-order chi connectivity index (χ1) is 12.9. The maximum atomic E-state index is 11.3. The van der Waals surface area contributed by atoms with Crippen molar-refractivity contribution >= 4 is 54.7 Å². The second-order valence-corrected chi connectivity index (χ2v) is 8.60. The van der Waals surface area contributed by atoms with Crippen molar-refractivity contribution in [1.29, 1.82) is 0 Å². The van der Waals surface area contributed by atoms with Crippen LogP contribution in [0, 0.1) is 4.77 Å². The minimum atomic E-state index is -3.72. The lowest BCUT2D eigenvalue weighted by molar-refractivity contribution is 0.598. The third-order valence-corrected chi connectivity index (χ3v) is 5.87. The Morgan fingerprint density at radius 1 is 1.04 bits per heavy atom. The quantitative estimate of drug-likeness (QED) is 0.437. The van der Waals surface area contributed by atoms with E-state index in [1.165, 1.54) is 23.5 Å². The molecular weight excluding hydrogens is 402 g/mol. The van der Waals surface area contributed by atoms with Gasteiger partial charge in [0.05, 0.1) is 15.3 Å². The summed E-state index contributed by atoms with van der Waals surface area (Å²) in [5.41, 5.74) is 3.08. The average molecular weight is 416 g/mol. The molecule has 136 valence electrons. The first-order valence-corrected chi connectivity index (χ1v) is 10.5. The van der Waals surface area contributed by atoms with Crippen LogP contribution in [0.25, 0.3) is 21.6 Å². The molecule has 0 aliphatic rings. The van der Waals surface area contributed by atoms with Crippen LogP contribution < -0.4 is 10.5 Å². The van der Waals surface area contributed by atoms with Gasteiger partial charge in [-0.1, -0.05) is 41.7 Å². The first-order valence-electron chi connectivity index (χ1n) is 7.76. The standard InChI is InChI=1S/C17H13N5O2S3/c18-27(23,24)12-8-6-11(7-9-12)19-17-22-15-14(26-17)13(20-16(25)21-15)10-4-2-1-3-5-10/h1-9H,(H2,18,23,24)(H2,19,20,21,22,25). The van der Waals surface area contributed by atoms with Gasteiger partial charge in [-0.15, -0.1) is 0 Å². The molecule has 0 unspecified atom stereocenters. The normalized spacial score (nSPS) is 11.6. The number of fused-ring (bicyclic) bond motifs is 1. The van der Waals surface area contributed by atoms with Crippen molar-refractivity contribution in [2.45, 2.75) is 4.90 Å². The Bertz CT molecular complexity index is 1280. The number of aromatic nitrogens is 3. The van der Waals surface area contributed by atoms with Crippen LogP contribution in [0.2, 0.25) is 0 Å². The monoisotopic (exact) mass is 415 g/mol. The van der Waals surface area contributed by atoms with Crippen LogP contribution in [0.15, 0.2) is 59.5 Å². The minimum Gasteiger partial charge on any atom is -0.331 e. The molecule has 0 saturated carbocycles. The van der Waals surface area contributed by atoms with E-state index in [4.69, 9.17) is 17.4 Å². The van der Waals surface area contributed by atoms with Crippen LogP contribution in [0.1, 0.15) is 0 Å². The molecule has 0 radical (unpaired) electrons. The minimum absolute atomic E-state index is 0.0516. The lowest BCUT2D eigenvalue weighted by atomic mass is 10.1. The van der Waals surface area contributed by atoms with Gasteiger partial charge in [0.2, 0.25) is 10.0 Å². The summed E-state index contributed by atoms with van der Waals surface area (Å²) in [7, 11) is -3.72. The first kappa shape index (κ1) is 17.7. The van der Waals surface area contributed by atoms with E-state index in [2.05, 4.69) is 20.3 Å². The molecule has 4 N–H and O–H groups in total. The van der Waals surface area contributed by atoms with Crippen LogP contribution in [-0.2, 0) is 10.0 Å². The number of nitrogens with zero attached hydrogens (tertiary/aromatic N) is 2. The molecule has 0 atom stereocenters. The Balaban J connectivity index is 1.73. The summed E-state index contributed by atoms with van der Waals surface area (Å²) in [6.45, 7) is 0. The van der Waals surface area contributed by atoms with Gasteiger partial charge in [-0.05, 0) is 42.0 Å². The van der Waals surface area contributed by atoms with E-state index in [9.17, 15) is 8.42 Å². The third-order valence-electron chi connectivity index (χ3n) is 3.77. The molecule has 10 heteroatoms. The summed E-state index contributed by atoms with van der Waals surface area (Å²) in [4.78, 5) is 12.0. The molecule has 0 fully saturated rings. The summed E-state index contributed by atoms with van der Waals surface area (Å²) >= 11 is 6.65. The average Bonchev–Trinajstić information content (AvgIpc) is 3.03. The van der Waals surface area contributed by atoms with E-state index in [1.807, 2.05) is 30.3 Å². The zero-order valence-corrected chi connectivity index (χ0v) is 16.2. The highest BCUT2D eigenvalue weighted by Gasteiger charge is 2.13. The summed E-state index contributed by atoms with van der Waals surface area (Å²) < 4.78 is 23.9. The highest BCUT2D eigenvalue weighted by atomic mass is 32.2. The predicted octanol–water partition coefficient (Wildman–Crippen LogP) is 3.81. The Morgan fingerprint density at radius 3 is 2.41 bits per heavy atom. The molecule has 0 saturated heterocycles. The van der Waals surface area contributed by atoms with Crippen LogP contribution >= 0.6 is 23.6 Å². The van der Waals surface area contributed by atoms with E-state index in [-0.39, 0.29) is 4.90 Å². The number of thiazole rings is 1. The van der Waals surface area contributed by atoms with Gasteiger partial charge in [0.25, 0.3) is 0 Å². The van der Waals surface area contributed by atoms with Crippen LogP contribution in [0.3, 0.4) is 0 Å². The zero-order chi connectivity index (χ0) is 19.0. The zero-order valence-electron chi connectivity index (χ0n) is 13.7. The summed E-state index contributed by atoms with van der Waals surface area (Å²) in [5, 5.41) is 8.89.